The van der Waals surface area contributed by atoms with E-state index in [9.17, 15) is 0 Å². The Morgan fingerprint density at radius 1 is 0.929 bits per heavy atom. The second-order valence-corrected chi connectivity index (χ2v) is 8.84. The highest BCUT2D eigenvalue weighted by Crippen LogP contribution is 2.24. The summed E-state index contributed by atoms with van der Waals surface area (Å²) in [6.45, 7) is 4.94. The summed E-state index contributed by atoms with van der Waals surface area (Å²) in [6.07, 6.45) is 2.13. The molecule has 0 saturated heterocycles. The number of ether oxygens (including phenoxy) is 1. The number of benzene rings is 2. The van der Waals surface area contributed by atoms with E-state index in [4.69, 9.17) is 4.74 Å². The minimum Gasteiger partial charge on any atom is -0.493 e. The van der Waals surface area contributed by atoms with Crippen LogP contribution in [0, 0.1) is 13.8 Å². The molecule has 0 fully saturated rings. The SMILES string of the molecule is Cc1ccc(SCc2nnc(SCCCCOc3ccccc3C)n2C)cc1. The Hall–Kier alpha value is -1.92. The average molecular weight is 414 g/mol. The van der Waals surface area contributed by atoms with Gasteiger partial charge in [0.15, 0.2) is 5.16 Å². The lowest BCUT2D eigenvalue weighted by Crippen LogP contribution is -2.00. The Bertz CT molecular complexity index is 878. The van der Waals surface area contributed by atoms with Crippen LogP contribution in [-0.2, 0) is 12.8 Å². The van der Waals surface area contributed by atoms with Gasteiger partial charge in [-0.25, -0.2) is 0 Å². The van der Waals surface area contributed by atoms with E-state index in [1.807, 2.05) is 18.2 Å². The lowest BCUT2D eigenvalue weighted by atomic mass is 10.2. The van der Waals surface area contributed by atoms with E-state index in [1.54, 1.807) is 23.5 Å². The van der Waals surface area contributed by atoms with Gasteiger partial charge in [-0.1, -0.05) is 47.7 Å². The fraction of sp³-hybridized carbons (Fsp3) is 0.364. The van der Waals surface area contributed by atoms with Gasteiger partial charge < -0.3 is 9.30 Å². The highest BCUT2D eigenvalue weighted by molar-refractivity contribution is 7.99. The molecule has 0 spiro atoms. The first-order valence-corrected chi connectivity index (χ1v) is 11.5. The van der Waals surface area contributed by atoms with Crippen LogP contribution in [0.2, 0.25) is 0 Å². The fourth-order valence-electron chi connectivity index (χ4n) is 2.65. The van der Waals surface area contributed by atoms with Gasteiger partial charge in [0.05, 0.1) is 12.4 Å². The van der Waals surface area contributed by atoms with Gasteiger partial charge in [-0.05, 0) is 50.5 Å². The quantitative estimate of drug-likeness (QED) is 0.316. The van der Waals surface area contributed by atoms with Crippen LogP contribution in [0.15, 0.2) is 58.6 Å². The molecule has 3 aromatic rings. The van der Waals surface area contributed by atoms with Crippen molar-refractivity contribution in [1.82, 2.24) is 14.8 Å². The van der Waals surface area contributed by atoms with Crippen LogP contribution in [0.4, 0.5) is 0 Å². The molecule has 0 saturated carbocycles. The summed E-state index contributed by atoms with van der Waals surface area (Å²) in [4.78, 5) is 1.26. The van der Waals surface area contributed by atoms with E-state index < -0.39 is 0 Å². The van der Waals surface area contributed by atoms with Crippen LogP contribution >= 0.6 is 23.5 Å². The first kappa shape index (κ1) is 20.8. The first-order valence-electron chi connectivity index (χ1n) is 9.52. The summed E-state index contributed by atoms with van der Waals surface area (Å²) in [5, 5.41) is 9.70. The molecule has 28 heavy (non-hydrogen) atoms. The van der Waals surface area contributed by atoms with E-state index in [0.29, 0.717) is 0 Å². The molecule has 0 amide bonds. The third-order valence-electron chi connectivity index (χ3n) is 4.43. The molecule has 0 aliphatic heterocycles. The summed E-state index contributed by atoms with van der Waals surface area (Å²) in [6, 6.07) is 16.8. The summed E-state index contributed by atoms with van der Waals surface area (Å²) in [5.41, 5.74) is 2.47. The van der Waals surface area contributed by atoms with Gasteiger partial charge >= 0.3 is 0 Å². The molecule has 0 aliphatic rings. The van der Waals surface area contributed by atoms with Crippen LogP contribution in [0.25, 0.3) is 0 Å². The van der Waals surface area contributed by atoms with Crippen LogP contribution in [0.1, 0.15) is 29.8 Å². The number of nitrogens with zero attached hydrogens (tertiary/aromatic N) is 3. The third kappa shape index (κ3) is 6.04. The number of aromatic nitrogens is 3. The van der Waals surface area contributed by atoms with Crippen molar-refractivity contribution < 1.29 is 4.74 Å². The minimum absolute atomic E-state index is 0.753. The molecule has 2 aromatic carbocycles. The van der Waals surface area contributed by atoms with Crippen molar-refractivity contribution in [2.75, 3.05) is 12.4 Å². The van der Waals surface area contributed by atoms with Crippen molar-refractivity contribution in [1.29, 1.82) is 0 Å². The molecule has 1 heterocycles. The molecule has 0 N–H and O–H groups in total. The zero-order valence-electron chi connectivity index (χ0n) is 16.7. The Labute approximate surface area is 176 Å². The number of rotatable bonds is 10. The molecule has 0 radical (unpaired) electrons. The molecule has 6 heteroatoms. The average Bonchev–Trinajstić information content (AvgIpc) is 3.05. The van der Waals surface area contributed by atoms with Crippen LogP contribution in [0.5, 0.6) is 5.75 Å². The maximum Gasteiger partial charge on any atom is 0.190 e. The molecular formula is C22H27N3OS2. The molecule has 0 unspecified atom stereocenters. The molecular weight excluding hydrogens is 386 g/mol. The zero-order valence-corrected chi connectivity index (χ0v) is 18.4. The number of para-hydroxylation sites is 1. The summed E-state index contributed by atoms with van der Waals surface area (Å²) in [5.74, 6) is 3.85. The van der Waals surface area contributed by atoms with Gasteiger partial charge in [0.1, 0.15) is 11.6 Å². The molecule has 4 nitrogen and oxygen atoms in total. The molecule has 3 rings (SSSR count). The Kier molecular flexibility index (Phi) is 7.86. The summed E-state index contributed by atoms with van der Waals surface area (Å²) < 4.78 is 7.96. The first-order chi connectivity index (χ1) is 13.6. The summed E-state index contributed by atoms with van der Waals surface area (Å²) >= 11 is 3.56. The molecule has 0 aliphatic carbocycles. The van der Waals surface area contributed by atoms with Gasteiger partial charge in [-0.15, -0.1) is 22.0 Å². The second kappa shape index (κ2) is 10.6. The van der Waals surface area contributed by atoms with Crippen molar-refractivity contribution in [3.8, 4) is 5.75 Å². The highest BCUT2D eigenvalue weighted by atomic mass is 32.2. The summed E-state index contributed by atoms with van der Waals surface area (Å²) in [7, 11) is 2.05. The van der Waals surface area contributed by atoms with Gasteiger partial charge in [0.25, 0.3) is 0 Å². The van der Waals surface area contributed by atoms with Crippen molar-refractivity contribution in [2.24, 2.45) is 7.05 Å². The number of hydrogen-bond donors (Lipinski definition) is 0. The Morgan fingerprint density at radius 2 is 1.71 bits per heavy atom. The van der Waals surface area contributed by atoms with E-state index >= 15 is 0 Å². The van der Waals surface area contributed by atoms with E-state index in [-0.39, 0.29) is 0 Å². The van der Waals surface area contributed by atoms with Crippen LogP contribution in [0.3, 0.4) is 0 Å². The fourth-order valence-corrected chi connectivity index (χ4v) is 4.45. The maximum absolute atomic E-state index is 5.85. The standard InChI is InChI=1S/C22H27N3OS2/c1-17-10-12-19(13-11-17)28-16-21-23-24-22(25(21)3)27-15-7-6-14-26-20-9-5-4-8-18(20)2/h4-5,8-13H,6-7,14-16H2,1-3H3. The highest BCUT2D eigenvalue weighted by Gasteiger charge is 2.09. The lowest BCUT2D eigenvalue weighted by Gasteiger charge is -2.08. The van der Waals surface area contributed by atoms with Crippen LogP contribution in [-0.4, -0.2) is 27.1 Å². The largest absolute Gasteiger partial charge is 0.493 e. The van der Waals surface area contributed by atoms with Crippen molar-refractivity contribution in [3.05, 3.63) is 65.5 Å². The topological polar surface area (TPSA) is 39.9 Å². The van der Waals surface area contributed by atoms with Crippen LogP contribution < -0.4 is 4.74 Å². The number of unbranched alkanes of at least 4 members (excludes halogenated alkanes) is 1. The zero-order chi connectivity index (χ0) is 19.8. The molecule has 0 atom stereocenters. The Morgan fingerprint density at radius 3 is 2.50 bits per heavy atom. The normalized spacial score (nSPS) is 11.0. The molecule has 1 aromatic heterocycles. The second-order valence-electron chi connectivity index (χ2n) is 6.73. The number of thioether (sulfide) groups is 2. The third-order valence-corrected chi connectivity index (χ3v) is 6.55. The van der Waals surface area contributed by atoms with Crippen molar-refractivity contribution in [2.45, 2.75) is 42.5 Å². The molecule has 148 valence electrons. The lowest BCUT2D eigenvalue weighted by molar-refractivity contribution is 0.308. The predicted molar refractivity (Wildman–Crippen MR) is 118 cm³/mol. The van der Waals surface area contributed by atoms with Gasteiger partial charge in [-0.2, -0.15) is 0 Å². The number of aryl methyl sites for hydroxylation is 2. The van der Waals surface area contributed by atoms with E-state index in [2.05, 4.69) is 66.0 Å². The van der Waals surface area contributed by atoms with Gasteiger partial charge in [0, 0.05) is 17.7 Å². The van der Waals surface area contributed by atoms with Gasteiger partial charge in [0.2, 0.25) is 0 Å². The number of hydrogen-bond acceptors (Lipinski definition) is 5. The van der Waals surface area contributed by atoms with E-state index in [1.165, 1.54) is 16.0 Å². The van der Waals surface area contributed by atoms with Gasteiger partial charge in [-0.3, -0.25) is 0 Å². The maximum atomic E-state index is 5.85. The predicted octanol–water partition coefficient (Wildman–Crippen LogP) is 5.68. The molecule has 0 bridgehead atoms. The smallest absolute Gasteiger partial charge is 0.190 e. The minimum atomic E-state index is 0.753. The Balaban J connectivity index is 1.37. The van der Waals surface area contributed by atoms with Crippen molar-refractivity contribution >= 4 is 23.5 Å². The van der Waals surface area contributed by atoms with E-state index in [0.717, 1.165) is 47.7 Å². The van der Waals surface area contributed by atoms with Crippen molar-refractivity contribution in [3.63, 3.8) is 0 Å². The monoisotopic (exact) mass is 413 g/mol.